The second-order valence-corrected chi connectivity index (χ2v) is 6.82. The lowest BCUT2D eigenvalue weighted by Gasteiger charge is -2.32. The zero-order valence-corrected chi connectivity index (χ0v) is 14.4. The Bertz CT molecular complexity index is 608. The van der Waals surface area contributed by atoms with E-state index in [0.717, 1.165) is 32.4 Å². The summed E-state index contributed by atoms with van der Waals surface area (Å²) in [6.45, 7) is 2.00. The minimum atomic E-state index is -0.348. The molecule has 0 bridgehead atoms. The monoisotopic (exact) mass is 343 g/mol. The first-order valence-corrected chi connectivity index (χ1v) is 9.03. The van der Waals surface area contributed by atoms with E-state index in [2.05, 4.69) is 29.6 Å². The largest absolute Gasteiger partial charge is 0.343 e. The fraction of sp³-hybridized carbons (Fsp3) is 0.526. The van der Waals surface area contributed by atoms with Crippen molar-refractivity contribution in [2.75, 3.05) is 26.2 Å². The number of nitrogens with zero attached hydrogens (tertiary/aromatic N) is 2. The molecule has 4 amide bonds. The lowest BCUT2D eigenvalue weighted by atomic mass is 9.90. The topological polar surface area (TPSA) is 69.7 Å². The van der Waals surface area contributed by atoms with Crippen molar-refractivity contribution in [1.29, 1.82) is 0 Å². The Morgan fingerprint density at radius 2 is 1.84 bits per heavy atom. The first-order chi connectivity index (χ1) is 12.1. The van der Waals surface area contributed by atoms with Crippen molar-refractivity contribution in [3.8, 4) is 0 Å². The average molecular weight is 343 g/mol. The van der Waals surface area contributed by atoms with E-state index in [1.807, 2.05) is 11.0 Å². The summed E-state index contributed by atoms with van der Waals surface area (Å²) in [6, 6.07) is 10.1. The second kappa shape index (κ2) is 8.14. The molecule has 0 saturated carbocycles. The van der Waals surface area contributed by atoms with Crippen LogP contribution in [0.1, 0.15) is 31.2 Å². The molecule has 2 aliphatic heterocycles. The number of nitrogens with one attached hydrogen (secondary N) is 1. The Morgan fingerprint density at radius 1 is 1.12 bits per heavy atom. The highest BCUT2D eigenvalue weighted by Gasteiger charge is 2.28. The smallest absolute Gasteiger partial charge is 0.324 e. The van der Waals surface area contributed by atoms with Crippen LogP contribution in [0.4, 0.5) is 4.79 Å². The maximum absolute atomic E-state index is 12.3. The zero-order valence-electron chi connectivity index (χ0n) is 14.4. The molecule has 0 atom stereocenters. The van der Waals surface area contributed by atoms with Gasteiger partial charge in [0.05, 0.1) is 6.54 Å². The molecule has 0 aromatic heterocycles. The van der Waals surface area contributed by atoms with E-state index in [1.165, 1.54) is 10.5 Å². The number of urea groups is 1. The van der Waals surface area contributed by atoms with Gasteiger partial charge >= 0.3 is 6.03 Å². The number of carbonyl (C=O) groups excluding carboxylic acids is 3. The minimum absolute atomic E-state index is 0.0711. The molecule has 0 radical (unpaired) electrons. The van der Waals surface area contributed by atoms with Gasteiger partial charge in [0.25, 0.3) is 0 Å². The van der Waals surface area contributed by atoms with Crippen molar-refractivity contribution in [2.24, 2.45) is 5.92 Å². The van der Waals surface area contributed by atoms with Gasteiger partial charge in [-0.1, -0.05) is 30.3 Å². The van der Waals surface area contributed by atoms with Gasteiger partial charge in [0.2, 0.25) is 11.8 Å². The molecular weight excluding hydrogens is 318 g/mol. The lowest BCUT2D eigenvalue weighted by molar-refractivity contribution is -0.133. The summed E-state index contributed by atoms with van der Waals surface area (Å²) in [6.07, 6.45) is 4.07. The van der Waals surface area contributed by atoms with Crippen LogP contribution in [0.2, 0.25) is 0 Å². The fourth-order valence-electron chi connectivity index (χ4n) is 3.56. The number of amides is 4. The van der Waals surface area contributed by atoms with Crippen LogP contribution in [0.3, 0.4) is 0 Å². The second-order valence-electron chi connectivity index (χ2n) is 6.82. The molecule has 2 saturated heterocycles. The van der Waals surface area contributed by atoms with Crippen molar-refractivity contribution >= 4 is 17.8 Å². The Morgan fingerprint density at radius 3 is 2.48 bits per heavy atom. The van der Waals surface area contributed by atoms with Crippen LogP contribution in [-0.4, -0.2) is 53.8 Å². The van der Waals surface area contributed by atoms with Crippen LogP contribution in [0, 0.1) is 5.92 Å². The third kappa shape index (κ3) is 4.59. The molecule has 0 unspecified atom stereocenters. The van der Waals surface area contributed by atoms with Crippen LogP contribution >= 0.6 is 0 Å². The summed E-state index contributed by atoms with van der Waals surface area (Å²) < 4.78 is 0. The van der Waals surface area contributed by atoms with Crippen LogP contribution in [0.15, 0.2) is 30.3 Å². The van der Waals surface area contributed by atoms with Crippen LogP contribution < -0.4 is 5.32 Å². The van der Waals surface area contributed by atoms with Crippen molar-refractivity contribution in [3.63, 3.8) is 0 Å². The standard InChI is InChI=1S/C19H25N3O3/c23-17(7-4-10-22-18(24)14-20-19(22)25)21-11-8-16(9-12-21)13-15-5-2-1-3-6-15/h1-3,5-6,16H,4,7-14H2,(H,20,25). The molecule has 6 nitrogen and oxygen atoms in total. The predicted octanol–water partition coefficient (Wildman–Crippen LogP) is 1.80. The first kappa shape index (κ1) is 17.5. The SMILES string of the molecule is O=C(CCCN1C(=O)CNC1=O)N1CCC(Cc2ccccc2)CC1. The van der Waals surface area contributed by atoms with Crippen LogP contribution in [-0.2, 0) is 16.0 Å². The third-order valence-corrected chi connectivity index (χ3v) is 5.04. The molecule has 134 valence electrons. The predicted molar refractivity (Wildman–Crippen MR) is 93.8 cm³/mol. The molecule has 3 rings (SSSR count). The molecular formula is C19H25N3O3. The van der Waals surface area contributed by atoms with E-state index in [4.69, 9.17) is 0 Å². The van der Waals surface area contributed by atoms with Crippen LogP contribution in [0.5, 0.6) is 0 Å². The fourth-order valence-corrected chi connectivity index (χ4v) is 3.56. The van der Waals surface area contributed by atoms with E-state index >= 15 is 0 Å². The summed E-state index contributed by atoms with van der Waals surface area (Å²) in [5, 5.41) is 2.49. The van der Waals surface area contributed by atoms with Gasteiger partial charge in [0.15, 0.2) is 0 Å². The first-order valence-electron chi connectivity index (χ1n) is 9.03. The highest BCUT2D eigenvalue weighted by Crippen LogP contribution is 2.22. The van der Waals surface area contributed by atoms with E-state index in [0.29, 0.717) is 25.3 Å². The van der Waals surface area contributed by atoms with Gasteiger partial charge in [0, 0.05) is 26.1 Å². The van der Waals surface area contributed by atoms with Gasteiger partial charge in [-0.05, 0) is 37.2 Å². The quantitative estimate of drug-likeness (QED) is 0.801. The van der Waals surface area contributed by atoms with Crippen molar-refractivity contribution in [1.82, 2.24) is 15.1 Å². The number of imide groups is 1. The molecule has 2 fully saturated rings. The number of hydrogen-bond acceptors (Lipinski definition) is 3. The summed E-state index contributed by atoms with van der Waals surface area (Å²) in [5.74, 6) is 0.557. The molecule has 1 aromatic rings. The summed E-state index contributed by atoms with van der Waals surface area (Å²) in [5.41, 5.74) is 1.36. The number of hydrogen-bond donors (Lipinski definition) is 1. The molecule has 2 heterocycles. The normalized spacial score (nSPS) is 18.6. The maximum Gasteiger partial charge on any atom is 0.324 e. The van der Waals surface area contributed by atoms with E-state index in [9.17, 15) is 14.4 Å². The van der Waals surface area contributed by atoms with E-state index < -0.39 is 0 Å². The molecule has 2 aliphatic rings. The van der Waals surface area contributed by atoms with E-state index in [1.54, 1.807) is 0 Å². The summed E-state index contributed by atoms with van der Waals surface area (Å²) in [4.78, 5) is 38.4. The average Bonchev–Trinajstić information content (AvgIpc) is 2.95. The van der Waals surface area contributed by atoms with Crippen molar-refractivity contribution in [2.45, 2.75) is 32.1 Å². The number of benzene rings is 1. The molecule has 1 aromatic carbocycles. The van der Waals surface area contributed by atoms with Gasteiger partial charge in [-0.3, -0.25) is 14.5 Å². The molecule has 25 heavy (non-hydrogen) atoms. The summed E-state index contributed by atoms with van der Waals surface area (Å²) in [7, 11) is 0. The van der Waals surface area contributed by atoms with Crippen molar-refractivity contribution in [3.05, 3.63) is 35.9 Å². The van der Waals surface area contributed by atoms with Gasteiger partial charge in [0.1, 0.15) is 0 Å². The number of rotatable bonds is 6. The Hall–Kier alpha value is -2.37. The highest BCUT2D eigenvalue weighted by molar-refractivity contribution is 6.01. The van der Waals surface area contributed by atoms with Gasteiger partial charge < -0.3 is 10.2 Å². The van der Waals surface area contributed by atoms with Gasteiger partial charge in [-0.15, -0.1) is 0 Å². The Balaban J connectivity index is 1.37. The third-order valence-electron chi connectivity index (χ3n) is 5.04. The van der Waals surface area contributed by atoms with Gasteiger partial charge in [-0.2, -0.15) is 0 Å². The zero-order chi connectivity index (χ0) is 17.6. The van der Waals surface area contributed by atoms with Gasteiger partial charge in [-0.25, -0.2) is 4.79 Å². The number of likely N-dealkylation sites (tertiary alicyclic amines) is 1. The lowest BCUT2D eigenvalue weighted by Crippen LogP contribution is -2.39. The van der Waals surface area contributed by atoms with Crippen molar-refractivity contribution < 1.29 is 14.4 Å². The minimum Gasteiger partial charge on any atom is -0.343 e. The van der Waals surface area contributed by atoms with E-state index in [-0.39, 0.29) is 24.4 Å². The van der Waals surface area contributed by atoms with Crippen LogP contribution in [0.25, 0.3) is 0 Å². The highest BCUT2D eigenvalue weighted by atomic mass is 16.2. The molecule has 0 spiro atoms. The molecule has 6 heteroatoms. The Labute approximate surface area is 148 Å². The summed E-state index contributed by atoms with van der Waals surface area (Å²) >= 11 is 0. The molecule has 1 N–H and O–H groups in total. The number of carbonyl (C=O) groups is 3. The molecule has 0 aliphatic carbocycles. The number of piperidine rings is 1. The Kier molecular flexibility index (Phi) is 5.68. The maximum atomic E-state index is 12.3.